The molecule has 2 heterocycles. The van der Waals surface area contributed by atoms with Gasteiger partial charge in [-0.15, -0.1) is 11.3 Å². The topological polar surface area (TPSA) is 61.8 Å². The lowest BCUT2D eigenvalue weighted by Crippen LogP contribution is -2.44. The van der Waals surface area contributed by atoms with E-state index in [1.807, 2.05) is 6.92 Å². The molecule has 0 amide bonds. The number of halogens is 3. The molecule has 148 valence electrons. The monoisotopic (exact) mass is 393 g/mol. The molecule has 1 aliphatic rings. The van der Waals surface area contributed by atoms with E-state index in [-0.39, 0.29) is 6.54 Å². The Morgan fingerprint density at radius 3 is 2.73 bits per heavy atom. The van der Waals surface area contributed by atoms with Gasteiger partial charge in [-0.05, 0) is 12.8 Å². The highest BCUT2D eigenvalue weighted by atomic mass is 32.1. The largest absolute Gasteiger partial charge is 0.434 e. The lowest BCUT2D eigenvalue weighted by Gasteiger charge is -2.29. The van der Waals surface area contributed by atoms with E-state index in [4.69, 9.17) is 4.74 Å². The first-order valence-electron chi connectivity index (χ1n) is 8.72. The van der Waals surface area contributed by atoms with Crippen LogP contribution >= 0.6 is 11.3 Å². The van der Waals surface area contributed by atoms with Crippen molar-refractivity contribution in [1.29, 1.82) is 0 Å². The molecule has 1 atom stereocenters. The van der Waals surface area contributed by atoms with E-state index in [9.17, 15) is 13.2 Å². The van der Waals surface area contributed by atoms with Crippen molar-refractivity contribution in [3.8, 4) is 0 Å². The normalized spacial score (nSPS) is 18.0. The Morgan fingerprint density at radius 1 is 1.38 bits per heavy atom. The summed E-state index contributed by atoms with van der Waals surface area (Å²) in [5, 5.41) is 7.73. The summed E-state index contributed by atoms with van der Waals surface area (Å²) in [7, 11) is 0. The second kappa shape index (κ2) is 10.1. The minimum atomic E-state index is -4.41. The molecule has 2 rings (SSSR count). The van der Waals surface area contributed by atoms with E-state index in [0.717, 1.165) is 56.1 Å². The summed E-state index contributed by atoms with van der Waals surface area (Å²) in [6, 6.07) is 0. The molecule has 1 unspecified atom stereocenters. The van der Waals surface area contributed by atoms with Crippen molar-refractivity contribution in [1.82, 2.24) is 20.5 Å². The van der Waals surface area contributed by atoms with Crippen molar-refractivity contribution in [3.05, 3.63) is 16.1 Å². The molecule has 10 heteroatoms. The maximum Gasteiger partial charge on any atom is 0.434 e. The van der Waals surface area contributed by atoms with Gasteiger partial charge in [0, 0.05) is 38.1 Å². The number of hydrogen-bond acceptors (Lipinski definition) is 5. The third-order valence-corrected chi connectivity index (χ3v) is 4.68. The highest BCUT2D eigenvalue weighted by Gasteiger charge is 2.33. The summed E-state index contributed by atoms with van der Waals surface area (Å²) in [6.45, 7) is 10.0. The molecule has 0 aliphatic carbocycles. The Hall–Kier alpha value is -1.39. The molecule has 26 heavy (non-hydrogen) atoms. The smallest absolute Gasteiger partial charge is 0.379 e. The van der Waals surface area contributed by atoms with E-state index < -0.39 is 11.9 Å². The number of aliphatic imine (C=N–C) groups is 1. The zero-order chi connectivity index (χ0) is 19.0. The Bertz CT molecular complexity index is 572. The van der Waals surface area contributed by atoms with Crippen molar-refractivity contribution in [3.63, 3.8) is 0 Å². The average molecular weight is 393 g/mol. The molecule has 0 bridgehead atoms. The molecule has 0 saturated carbocycles. The van der Waals surface area contributed by atoms with Crippen molar-refractivity contribution in [2.45, 2.75) is 26.6 Å². The van der Waals surface area contributed by atoms with Crippen LogP contribution in [0.4, 0.5) is 13.2 Å². The van der Waals surface area contributed by atoms with Crippen LogP contribution in [0.2, 0.25) is 0 Å². The second-order valence-electron chi connectivity index (χ2n) is 6.22. The molecular weight excluding hydrogens is 367 g/mol. The summed E-state index contributed by atoms with van der Waals surface area (Å²) in [5.41, 5.74) is -0.857. The van der Waals surface area contributed by atoms with Crippen molar-refractivity contribution < 1.29 is 17.9 Å². The Morgan fingerprint density at radius 2 is 2.12 bits per heavy atom. The minimum Gasteiger partial charge on any atom is -0.379 e. The van der Waals surface area contributed by atoms with Crippen LogP contribution in [0.5, 0.6) is 0 Å². The summed E-state index contributed by atoms with van der Waals surface area (Å²) >= 11 is 0.972. The predicted octanol–water partition coefficient (Wildman–Crippen LogP) is 2.19. The van der Waals surface area contributed by atoms with Gasteiger partial charge < -0.3 is 15.4 Å². The number of guanidine groups is 1. The van der Waals surface area contributed by atoms with Gasteiger partial charge in [-0.25, -0.2) is 9.98 Å². The number of ether oxygens (including phenoxy) is 1. The van der Waals surface area contributed by atoms with Gasteiger partial charge >= 0.3 is 6.18 Å². The van der Waals surface area contributed by atoms with Crippen molar-refractivity contribution in [2.75, 3.05) is 45.9 Å². The van der Waals surface area contributed by atoms with Crippen LogP contribution in [0.1, 0.15) is 24.5 Å². The second-order valence-corrected chi connectivity index (χ2v) is 7.16. The quantitative estimate of drug-likeness (QED) is 0.549. The van der Waals surface area contributed by atoms with Crippen LogP contribution in [-0.2, 0) is 17.5 Å². The zero-order valence-electron chi connectivity index (χ0n) is 15.1. The van der Waals surface area contributed by atoms with E-state index in [2.05, 4.69) is 32.4 Å². The number of alkyl halides is 3. The first-order valence-corrected chi connectivity index (χ1v) is 9.60. The van der Waals surface area contributed by atoms with Gasteiger partial charge in [-0.1, -0.05) is 6.92 Å². The van der Waals surface area contributed by atoms with Gasteiger partial charge in [0.05, 0.1) is 19.8 Å². The molecule has 1 aromatic heterocycles. The summed E-state index contributed by atoms with van der Waals surface area (Å²) in [4.78, 5) is 10.3. The van der Waals surface area contributed by atoms with Crippen LogP contribution in [0, 0.1) is 5.92 Å². The fraction of sp³-hybridized carbons (Fsp3) is 0.750. The minimum absolute atomic E-state index is 0.119. The molecule has 2 N–H and O–H groups in total. The lowest BCUT2D eigenvalue weighted by atomic mass is 10.1. The fourth-order valence-electron chi connectivity index (χ4n) is 2.56. The SMILES string of the molecule is CCNC(=NCc1nc(C(F)(F)F)cs1)NCC(C)CN1CCOCC1. The summed E-state index contributed by atoms with van der Waals surface area (Å²) in [5.74, 6) is 0.999. The standard InChI is InChI=1S/C16H26F3N5OS/c1-3-20-15(21-8-12(2)10-24-4-6-25-7-5-24)22-9-14-23-13(11-26-14)16(17,18)19/h11-12H,3-10H2,1-2H3,(H2,20,21,22). The molecule has 1 aliphatic heterocycles. The first-order chi connectivity index (χ1) is 12.4. The van der Waals surface area contributed by atoms with Gasteiger partial charge in [-0.2, -0.15) is 13.2 Å². The Kier molecular flexibility index (Phi) is 8.11. The van der Waals surface area contributed by atoms with Gasteiger partial charge in [0.2, 0.25) is 0 Å². The third-order valence-electron chi connectivity index (χ3n) is 3.85. The lowest BCUT2D eigenvalue weighted by molar-refractivity contribution is -0.140. The van der Waals surface area contributed by atoms with Gasteiger partial charge in [0.25, 0.3) is 0 Å². The molecule has 0 spiro atoms. The molecule has 0 radical (unpaired) electrons. The number of hydrogen-bond donors (Lipinski definition) is 2. The number of nitrogens with one attached hydrogen (secondary N) is 2. The molecule has 6 nitrogen and oxygen atoms in total. The highest BCUT2D eigenvalue weighted by molar-refractivity contribution is 7.09. The van der Waals surface area contributed by atoms with Crippen molar-refractivity contribution >= 4 is 17.3 Å². The van der Waals surface area contributed by atoms with E-state index >= 15 is 0 Å². The van der Waals surface area contributed by atoms with Gasteiger partial charge in [0.1, 0.15) is 5.01 Å². The van der Waals surface area contributed by atoms with Crippen molar-refractivity contribution in [2.24, 2.45) is 10.9 Å². The van der Waals surface area contributed by atoms with E-state index in [0.29, 0.717) is 23.4 Å². The van der Waals surface area contributed by atoms with E-state index in [1.165, 1.54) is 0 Å². The van der Waals surface area contributed by atoms with Crippen LogP contribution < -0.4 is 10.6 Å². The highest BCUT2D eigenvalue weighted by Crippen LogP contribution is 2.30. The molecular formula is C16H26F3N5OS. The van der Waals surface area contributed by atoms with E-state index in [1.54, 1.807) is 0 Å². The molecule has 1 saturated heterocycles. The number of thiazole rings is 1. The number of nitrogens with zero attached hydrogens (tertiary/aromatic N) is 3. The fourth-order valence-corrected chi connectivity index (χ4v) is 3.29. The Labute approximate surface area is 155 Å². The summed E-state index contributed by atoms with van der Waals surface area (Å²) in [6.07, 6.45) is -4.41. The number of morpholine rings is 1. The maximum atomic E-state index is 12.6. The first kappa shape index (κ1) is 20.9. The average Bonchev–Trinajstić information content (AvgIpc) is 3.08. The van der Waals surface area contributed by atoms with Crippen LogP contribution in [-0.4, -0.2) is 61.8 Å². The van der Waals surface area contributed by atoms with Crippen LogP contribution in [0.25, 0.3) is 0 Å². The van der Waals surface area contributed by atoms with Crippen LogP contribution in [0.15, 0.2) is 10.4 Å². The zero-order valence-corrected chi connectivity index (χ0v) is 15.9. The predicted molar refractivity (Wildman–Crippen MR) is 96.4 cm³/mol. The third kappa shape index (κ3) is 7.08. The van der Waals surface area contributed by atoms with Gasteiger partial charge in [0.15, 0.2) is 11.7 Å². The number of rotatable bonds is 7. The molecule has 1 fully saturated rings. The Balaban J connectivity index is 1.82. The number of aromatic nitrogens is 1. The van der Waals surface area contributed by atoms with Crippen LogP contribution in [0.3, 0.4) is 0 Å². The molecule has 1 aromatic rings. The van der Waals surface area contributed by atoms with Gasteiger partial charge in [-0.3, -0.25) is 4.90 Å². The molecule has 0 aromatic carbocycles. The maximum absolute atomic E-state index is 12.6. The summed E-state index contributed by atoms with van der Waals surface area (Å²) < 4.78 is 43.1.